The van der Waals surface area contributed by atoms with Crippen LogP contribution in [0.25, 0.3) is 0 Å². The highest BCUT2D eigenvalue weighted by atomic mass is 14.9. The number of allylic oxidation sites excluding steroid dienone is 1. The lowest BCUT2D eigenvalue weighted by Gasteiger charge is -2.21. The molecule has 0 aromatic carbocycles. The Hall–Kier alpha value is -0.460. The average Bonchev–Trinajstić information content (AvgIpc) is 2.09. The first-order valence-corrected chi connectivity index (χ1v) is 6.81. The number of hydrogen-bond donors (Lipinski definition) is 1. The summed E-state index contributed by atoms with van der Waals surface area (Å²) in [6.45, 7) is 16.3. The van der Waals surface area contributed by atoms with Crippen LogP contribution >= 0.6 is 0 Å². The molecule has 1 nitrogen and oxygen atoms in total. The van der Waals surface area contributed by atoms with Crippen molar-refractivity contribution in [3.63, 3.8) is 0 Å². The van der Waals surface area contributed by atoms with Crippen molar-refractivity contribution in [1.82, 2.24) is 5.32 Å². The molecular formula is C15H31N. The molecule has 0 amide bonds. The van der Waals surface area contributed by atoms with Crippen LogP contribution < -0.4 is 5.32 Å². The topological polar surface area (TPSA) is 12.0 Å². The van der Waals surface area contributed by atoms with E-state index in [1.807, 2.05) is 6.92 Å². The molecule has 0 aromatic heterocycles. The van der Waals surface area contributed by atoms with Crippen LogP contribution in [0.5, 0.6) is 0 Å². The van der Waals surface area contributed by atoms with Crippen LogP contribution in [0, 0.1) is 17.8 Å². The van der Waals surface area contributed by atoms with E-state index in [0.29, 0.717) is 0 Å². The lowest BCUT2D eigenvalue weighted by atomic mass is 9.86. The third kappa shape index (κ3) is 10.1. The minimum Gasteiger partial charge on any atom is -0.389 e. The summed E-state index contributed by atoms with van der Waals surface area (Å²) < 4.78 is 0. The van der Waals surface area contributed by atoms with Gasteiger partial charge in [-0.1, -0.05) is 34.3 Å². The molecule has 0 aliphatic heterocycles. The van der Waals surface area contributed by atoms with Gasteiger partial charge in [-0.2, -0.15) is 0 Å². The van der Waals surface area contributed by atoms with E-state index in [-0.39, 0.29) is 0 Å². The molecule has 0 bridgehead atoms. The van der Waals surface area contributed by atoms with Gasteiger partial charge in [0.25, 0.3) is 0 Å². The highest BCUT2D eigenvalue weighted by Gasteiger charge is 2.12. The first kappa shape index (κ1) is 15.5. The second-order valence-corrected chi connectivity index (χ2v) is 5.97. The van der Waals surface area contributed by atoms with E-state index in [1.165, 1.54) is 25.7 Å². The van der Waals surface area contributed by atoms with E-state index >= 15 is 0 Å². The van der Waals surface area contributed by atoms with Crippen LogP contribution in [0.15, 0.2) is 12.3 Å². The van der Waals surface area contributed by atoms with Crippen molar-refractivity contribution in [1.29, 1.82) is 0 Å². The molecule has 0 saturated carbocycles. The zero-order chi connectivity index (χ0) is 12.6. The van der Waals surface area contributed by atoms with Gasteiger partial charge in [-0.25, -0.2) is 0 Å². The molecule has 0 unspecified atom stereocenters. The maximum absolute atomic E-state index is 3.86. The Morgan fingerprint density at radius 3 is 1.94 bits per heavy atom. The monoisotopic (exact) mass is 225 g/mol. The fraction of sp³-hybridized carbons (Fsp3) is 0.867. The van der Waals surface area contributed by atoms with E-state index in [2.05, 4.69) is 39.6 Å². The molecule has 0 rings (SSSR count). The van der Waals surface area contributed by atoms with E-state index in [0.717, 1.165) is 30.0 Å². The molecule has 1 heteroatoms. The Kier molecular flexibility index (Phi) is 8.42. The maximum atomic E-state index is 3.86. The van der Waals surface area contributed by atoms with Gasteiger partial charge in [-0.05, 0) is 50.4 Å². The third-order valence-corrected chi connectivity index (χ3v) is 2.83. The molecule has 0 fully saturated rings. The Morgan fingerprint density at radius 2 is 1.56 bits per heavy atom. The molecule has 0 aromatic rings. The van der Waals surface area contributed by atoms with Gasteiger partial charge in [-0.15, -0.1) is 0 Å². The van der Waals surface area contributed by atoms with Crippen LogP contribution in [-0.2, 0) is 0 Å². The van der Waals surface area contributed by atoms with Crippen molar-refractivity contribution < 1.29 is 0 Å². The standard InChI is InChI=1S/C15H31N/c1-12(2)10-15(11-13(3)4)8-7-9-16-14(5)6/h12-13,15-16H,5,7-11H2,1-4,6H3. The van der Waals surface area contributed by atoms with Gasteiger partial charge in [0.05, 0.1) is 0 Å². The van der Waals surface area contributed by atoms with E-state index in [1.54, 1.807) is 0 Å². The van der Waals surface area contributed by atoms with Crippen molar-refractivity contribution in [2.45, 2.75) is 60.3 Å². The first-order chi connectivity index (χ1) is 7.41. The molecule has 0 aliphatic carbocycles. The Bertz CT molecular complexity index is 172. The molecular weight excluding hydrogens is 194 g/mol. The van der Waals surface area contributed by atoms with Gasteiger partial charge >= 0.3 is 0 Å². The van der Waals surface area contributed by atoms with Crippen molar-refractivity contribution in [3.8, 4) is 0 Å². The highest BCUT2D eigenvalue weighted by Crippen LogP contribution is 2.24. The smallest absolute Gasteiger partial charge is 0.0143 e. The summed E-state index contributed by atoms with van der Waals surface area (Å²) >= 11 is 0. The van der Waals surface area contributed by atoms with Crippen molar-refractivity contribution >= 4 is 0 Å². The fourth-order valence-electron chi connectivity index (χ4n) is 2.36. The summed E-state index contributed by atoms with van der Waals surface area (Å²) in [7, 11) is 0. The average molecular weight is 225 g/mol. The van der Waals surface area contributed by atoms with Gasteiger partial charge < -0.3 is 5.32 Å². The maximum Gasteiger partial charge on any atom is 0.0143 e. The predicted molar refractivity (Wildman–Crippen MR) is 74.5 cm³/mol. The van der Waals surface area contributed by atoms with E-state index in [9.17, 15) is 0 Å². The second kappa shape index (κ2) is 8.66. The Morgan fingerprint density at radius 1 is 1.06 bits per heavy atom. The summed E-state index contributed by atoms with van der Waals surface area (Å²) in [4.78, 5) is 0. The molecule has 0 aliphatic rings. The molecule has 1 N–H and O–H groups in total. The minimum atomic E-state index is 0.831. The number of rotatable bonds is 9. The first-order valence-electron chi connectivity index (χ1n) is 6.81. The van der Waals surface area contributed by atoms with E-state index < -0.39 is 0 Å². The quantitative estimate of drug-likeness (QED) is 0.566. The number of nitrogens with one attached hydrogen (secondary N) is 1. The zero-order valence-corrected chi connectivity index (χ0v) is 12.0. The normalized spacial score (nSPS) is 11.5. The van der Waals surface area contributed by atoms with Crippen LogP contribution in [0.3, 0.4) is 0 Å². The Balaban J connectivity index is 3.77. The molecule has 0 spiro atoms. The second-order valence-electron chi connectivity index (χ2n) is 5.97. The molecule has 0 radical (unpaired) electrons. The van der Waals surface area contributed by atoms with Gasteiger partial charge in [-0.3, -0.25) is 0 Å². The third-order valence-electron chi connectivity index (χ3n) is 2.83. The molecule has 0 saturated heterocycles. The largest absolute Gasteiger partial charge is 0.389 e. The fourth-order valence-corrected chi connectivity index (χ4v) is 2.36. The minimum absolute atomic E-state index is 0.831. The zero-order valence-electron chi connectivity index (χ0n) is 12.0. The molecule has 96 valence electrons. The summed E-state index contributed by atoms with van der Waals surface area (Å²) in [6, 6.07) is 0. The van der Waals surface area contributed by atoms with Crippen molar-refractivity contribution in [3.05, 3.63) is 12.3 Å². The van der Waals surface area contributed by atoms with Crippen LogP contribution in [0.1, 0.15) is 60.3 Å². The molecule has 0 heterocycles. The highest BCUT2D eigenvalue weighted by molar-refractivity contribution is 4.83. The van der Waals surface area contributed by atoms with Crippen LogP contribution in [0.4, 0.5) is 0 Å². The molecule has 16 heavy (non-hydrogen) atoms. The lowest BCUT2D eigenvalue weighted by Crippen LogP contribution is -2.15. The van der Waals surface area contributed by atoms with Gasteiger partial charge in [0, 0.05) is 12.2 Å². The summed E-state index contributed by atoms with van der Waals surface area (Å²) in [5.41, 5.74) is 1.09. The SMILES string of the molecule is C=C(C)NCCCC(CC(C)C)CC(C)C. The van der Waals surface area contributed by atoms with Crippen LogP contribution in [0.2, 0.25) is 0 Å². The van der Waals surface area contributed by atoms with Gasteiger partial charge in [0.15, 0.2) is 0 Å². The number of hydrogen-bond acceptors (Lipinski definition) is 1. The van der Waals surface area contributed by atoms with Crippen molar-refractivity contribution in [2.75, 3.05) is 6.54 Å². The summed E-state index contributed by atoms with van der Waals surface area (Å²) in [6.07, 6.45) is 5.39. The molecule has 0 atom stereocenters. The predicted octanol–water partition coefficient (Wildman–Crippen LogP) is 4.60. The van der Waals surface area contributed by atoms with Crippen LogP contribution in [-0.4, -0.2) is 6.54 Å². The Labute approximate surface area is 103 Å². The lowest BCUT2D eigenvalue weighted by molar-refractivity contribution is 0.318. The van der Waals surface area contributed by atoms with Gasteiger partial charge in [0.2, 0.25) is 0 Å². The summed E-state index contributed by atoms with van der Waals surface area (Å²) in [5.74, 6) is 2.57. The summed E-state index contributed by atoms with van der Waals surface area (Å²) in [5, 5.41) is 3.31. The van der Waals surface area contributed by atoms with Crippen molar-refractivity contribution in [2.24, 2.45) is 17.8 Å². The van der Waals surface area contributed by atoms with Gasteiger partial charge in [0.1, 0.15) is 0 Å². The van der Waals surface area contributed by atoms with E-state index in [4.69, 9.17) is 0 Å².